The van der Waals surface area contributed by atoms with Gasteiger partial charge in [0, 0.05) is 35.0 Å². The molecule has 0 bridgehead atoms. The molecule has 1 unspecified atom stereocenters. The number of rotatable bonds is 5. The molecule has 0 aromatic heterocycles. The minimum Gasteiger partial charge on any atom is -0.381 e. The smallest absolute Gasteiger partial charge is 0.0477 e. The van der Waals surface area contributed by atoms with Crippen LogP contribution in [0.5, 0.6) is 0 Å². The number of nitrogens with two attached hydrogens (primary N) is 1. The maximum Gasteiger partial charge on any atom is 0.0477 e. The number of ether oxygens (including phenoxy) is 1. The summed E-state index contributed by atoms with van der Waals surface area (Å²) in [5, 5.41) is 0.354. The Balaban J connectivity index is 2.28. The molecule has 1 atom stereocenters. The Kier molecular flexibility index (Phi) is 5.23. The van der Waals surface area contributed by atoms with Gasteiger partial charge in [-0.15, -0.1) is 0 Å². The van der Waals surface area contributed by atoms with Crippen molar-refractivity contribution in [3.05, 3.63) is 0 Å². The van der Waals surface area contributed by atoms with Crippen LogP contribution < -0.4 is 5.73 Å². The molecule has 0 amide bonds. The zero-order chi connectivity index (χ0) is 11.3. The van der Waals surface area contributed by atoms with Crippen LogP contribution in [0.25, 0.3) is 0 Å². The molecule has 15 heavy (non-hydrogen) atoms. The molecular formula is C11H23NO2S. The second kappa shape index (κ2) is 5.97. The first kappa shape index (κ1) is 13.1. The fraction of sp³-hybridized carbons (Fsp3) is 1.00. The third kappa shape index (κ3) is 4.62. The van der Waals surface area contributed by atoms with Gasteiger partial charge < -0.3 is 10.5 Å². The average Bonchev–Trinajstić information content (AvgIpc) is 2.27. The van der Waals surface area contributed by atoms with Gasteiger partial charge in [-0.2, -0.15) is 0 Å². The van der Waals surface area contributed by atoms with Crippen molar-refractivity contribution in [3.8, 4) is 0 Å². The third-order valence-electron chi connectivity index (χ3n) is 3.07. The fourth-order valence-corrected chi connectivity index (χ4v) is 3.39. The molecule has 0 aromatic rings. The van der Waals surface area contributed by atoms with E-state index < -0.39 is 10.8 Å². The van der Waals surface area contributed by atoms with Crippen LogP contribution in [-0.4, -0.2) is 35.0 Å². The lowest BCUT2D eigenvalue weighted by atomic mass is 9.91. The summed E-state index contributed by atoms with van der Waals surface area (Å²) >= 11 is 0. The second-order valence-corrected chi connectivity index (χ2v) is 6.85. The van der Waals surface area contributed by atoms with Gasteiger partial charge in [-0.3, -0.25) is 4.21 Å². The Bertz CT molecular complexity index is 213. The van der Waals surface area contributed by atoms with Crippen molar-refractivity contribution < 1.29 is 8.95 Å². The summed E-state index contributed by atoms with van der Waals surface area (Å²) in [6.07, 6.45) is 2.86. The van der Waals surface area contributed by atoms with Crippen molar-refractivity contribution >= 4 is 10.8 Å². The Morgan fingerprint density at radius 1 is 1.40 bits per heavy atom. The summed E-state index contributed by atoms with van der Waals surface area (Å²) in [5.74, 6) is 0.787. The highest BCUT2D eigenvalue weighted by molar-refractivity contribution is 7.85. The van der Waals surface area contributed by atoms with Crippen molar-refractivity contribution in [2.24, 2.45) is 11.1 Å². The van der Waals surface area contributed by atoms with E-state index in [4.69, 9.17) is 10.5 Å². The standard InChI is InChI=1S/C11H23NO2S/c1-11(2,9-12)5-8-15(13)10-3-6-14-7-4-10/h10H,3-9,12H2,1-2H3. The Hall–Kier alpha value is 0.0700. The normalized spacial score (nSPS) is 21.5. The van der Waals surface area contributed by atoms with Crippen molar-refractivity contribution in [2.45, 2.75) is 38.4 Å². The zero-order valence-corrected chi connectivity index (χ0v) is 10.6. The van der Waals surface area contributed by atoms with Gasteiger partial charge in [0.05, 0.1) is 0 Å². The molecule has 0 spiro atoms. The van der Waals surface area contributed by atoms with Crippen LogP contribution in [-0.2, 0) is 15.5 Å². The molecule has 1 heterocycles. The first-order valence-corrected chi connectivity index (χ1v) is 7.08. The van der Waals surface area contributed by atoms with Gasteiger partial charge in [-0.05, 0) is 31.2 Å². The van der Waals surface area contributed by atoms with Crippen molar-refractivity contribution in [1.29, 1.82) is 0 Å². The maximum absolute atomic E-state index is 12.0. The molecule has 90 valence electrons. The SMILES string of the molecule is CC(C)(CN)CCS(=O)C1CCOCC1. The maximum atomic E-state index is 12.0. The molecule has 0 saturated carbocycles. The minimum absolute atomic E-state index is 0.126. The highest BCUT2D eigenvalue weighted by atomic mass is 32.2. The van der Waals surface area contributed by atoms with E-state index in [-0.39, 0.29) is 5.41 Å². The molecule has 4 heteroatoms. The molecule has 2 N–H and O–H groups in total. The van der Waals surface area contributed by atoms with Gasteiger partial charge in [-0.25, -0.2) is 0 Å². The van der Waals surface area contributed by atoms with E-state index >= 15 is 0 Å². The van der Waals surface area contributed by atoms with Gasteiger partial charge in [0.2, 0.25) is 0 Å². The third-order valence-corrected chi connectivity index (χ3v) is 4.89. The van der Waals surface area contributed by atoms with Crippen LogP contribution in [0.2, 0.25) is 0 Å². The molecule has 1 aliphatic heterocycles. The topological polar surface area (TPSA) is 52.3 Å². The van der Waals surface area contributed by atoms with Crippen molar-refractivity contribution in [3.63, 3.8) is 0 Å². The van der Waals surface area contributed by atoms with E-state index in [0.29, 0.717) is 11.8 Å². The van der Waals surface area contributed by atoms with Crippen LogP contribution in [0, 0.1) is 5.41 Å². The summed E-state index contributed by atoms with van der Waals surface area (Å²) in [6.45, 7) is 6.48. The largest absolute Gasteiger partial charge is 0.381 e. The molecule has 3 nitrogen and oxygen atoms in total. The van der Waals surface area contributed by atoms with E-state index in [1.165, 1.54) is 0 Å². The monoisotopic (exact) mass is 233 g/mol. The molecule has 0 aliphatic carbocycles. The van der Waals surface area contributed by atoms with Gasteiger partial charge in [0.25, 0.3) is 0 Å². The number of hydrogen-bond acceptors (Lipinski definition) is 3. The second-order valence-electron chi connectivity index (χ2n) is 5.01. The Morgan fingerprint density at radius 2 is 2.00 bits per heavy atom. The Morgan fingerprint density at radius 3 is 2.53 bits per heavy atom. The lowest BCUT2D eigenvalue weighted by Crippen LogP contribution is -2.30. The number of hydrogen-bond donors (Lipinski definition) is 1. The minimum atomic E-state index is -0.690. The molecule has 1 saturated heterocycles. The molecule has 0 radical (unpaired) electrons. The highest BCUT2D eigenvalue weighted by Gasteiger charge is 2.23. The summed E-state index contributed by atoms with van der Waals surface area (Å²) in [6, 6.07) is 0. The van der Waals surface area contributed by atoms with Crippen LogP contribution in [0.3, 0.4) is 0 Å². The quantitative estimate of drug-likeness (QED) is 0.778. The van der Waals surface area contributed by atoms with Gasteiger partial charge in [-0.1, -0.05) is 13.8 Å². The zero-order valence-electron chi connectivity index (χ0n) is 9.83. The highest BCUT2D eigenvalue weighted by Crippen LogP contribution is 2.21. The van der Waals surface area contributed by atoms with E-state index in [0.717, 1.165) is 38.2 Å². The van der Waals surface area contributed by atoms with Crippen LogP contribution >= 0.6 is 0 Å². The van der Waals surface area contributed by atoms with Crippen LogP contribution in [0.4, 0.5) is 0 Å². The first-order valence-electron chi connectivity index (χ1n) is 5.70. The lowest BCUT2D eigenvalue weighted by Gasteiger charge is -2.25. The molecule has 1 rings (SSSR count). The molecule has 1 fully saturated rings. The summed E-state index contributed by atoms with van der Waals surface area (Å²) in [4.78, 5) is 0. The molecule has 1 aliphatic rings. The van der Waals surface area contributed by atoms with Gasteiger partial charge >= 0.3 is 0 Å². The molecule has 0 aromatic carbocycles. The van der Waals surface area contributed by atoms with Gasteiger partial charge in [0.1, 0.15) is 0 Å². The summed E-state index contributed by atoms with van der Waals surface area (Å²) in [7, 11) is -0.690. The fourth-order valence-electron chi connectivity index (χ4n) is 1.58. The van der Waals surface area contributed by atoms with Gasteiger partial charge in [0.15, 0.2) is 0 Å². The Labute approximate surface area is 95.2 Å². The average molecular weight is 233 g/mol. The van der Waals surface area contributed by atoms with Crippen molar-refractivity contribution in [2.75, 3.05) is 25.5 Å². The van der Waals surface area contributed by atoms with Crippen molar-refractivity contribution in [1.82, 2.24) is 0 Å². The van der Waals surface area contributed by atoms with E-state index in [1.807, 2.05) is 0 Å². The predicted octanol–water partition coefficient (Wildman–Crippen LogP) is 1.29. The predicted molar refractivity (Wildman–Crippen MR) is 64.3 cm³/mol. The van der Waals surface area contributed by atoms with E-state index in [2.05, 4.69) is 13.8 Å². The summed E-state index contributed by atoms with van der Waals surface area (Å²) in [5.41, 5.74) is 5.78. The summed E-state index contributed by atoms with van der Waals surface area (Å²) < 4.78 is 17.2. The van der Waals surface area contributed by atoms with E-state index in [9.17, 15) is 4.21 Å². The van der Waals surface area contributed by atoms with Crippen LogP contribution in [0.1, 0.15) is 33.1 Å². The molecular weight excluding hydrogens is 210 g/mol. The lowest BCUT2D eigenvalue weighted by molar-refractivity contribution is 0.0991. The van der Waals surface area contributed by atoms with Crippen LogP contribution in [0.15, 0.2) is 0 Å². The first-order chi connectivity index (χ1) is 7.05. The van der Waals surface area contributed by atoms with E-state index in [1.54, 1.807) is 0 Å².